The van der Waals surface area contributed by atoms with Gasteiger partial charge in [0, 0.05) is 24.6 Å². The van der Waals surface area contributed by atoms with Crippen LogP contribution in [0, 0.1) is 13.8 Å². The lowest BCUT2D eigenvalue weighted by Crippen LogP contribution is -2.24. The molecular formula is C20H21N3OS. The molecule has 2 aromatic carbocycles. The smallest absolute Gasteiger partial charge is 0.230 e. The van der Waals surface area contributed by atoms with Gasteiger partial charge in [-0.05, 0) is 37.1 Å². The first-order valence-electron chi connectivity index (χ1n) is 8.17. The summed E-state index contributed by atoms with van der Waals surface area (Å²) in [5, 5.41) is 3.77. The summed E-state index contributed by atoms with van der Waals surface area (Å²) < 4.78 is 2.00. The molecule has 1 aromatic heterocycles. The van der Waals surface area contributed by atoms with Crippen LogP contribution >= 0.6 is 11.8 Å². The standard InChI is InChI=1S/C20H21N3OS/c1-15-6-8-17(9-7-15)13-22-19(24)14-25-20-21-10-11-23(20)18-5-3-4-16(2)12-18/h3-12H,13-14H2,1-2H3,(H,22,24). The summed E-state index contributed by atoms with van der Waals surface area (Å²) in [7, 11) is 0. The number of carbonyl (C=O) groups excluding carboxylic acids is 1. The number of hydrogen-bond acceptors (Lipinski definition) is 3. The molecule has 1 amide bonds. The van der Waals surface area contributed by atoms with E-state index in [1.165, 1.54) is 22.9 Å². The Balaban J connectivity index is 1.56. The van der Waals surface area contributed by atoms with Crippen molar-refractivity contribution < 1.29 is 4.79 Å². The second kappa shape index (κ2) is 8.03. The number of aromatic nitrogens is 2. The average Bonchev–Trinajstić information content (AvgIpc) is 3.08. The number of carbonyl (C=O) groups is 1. The van der Waals surface area contributed by atoms with Crippen LogP contribution in [0.4, 0.5) is 0 Å². The fourth-order valence-electron chi connectivity index (χ4n) is 2.46. The van der Waals surface area contributed by atoms with Crippen molar-refractivity contribution in [2.75, 3.05) is 5.75 Å². The molecular weight excluding hydrogens is 330 g/mol. The van der Waals surface area contributed by atoms with Crippen LogP contribution in [0.5, 0.6) is 0 Å². The highest BCUT2D eigenvalue weighted by Crippen LogP contribution is 2.20. The molecule has 0 spiro atoms. The summed E-state index contributed by atoms with van der Waals surface area (Å²) in [5.74, 6) is 0.346. The van der Waals surface area contributed by atoms with Crippen molar-refractivity contribution >= 4 is 17.7 Å². The number of imidazole rings is 1. The Bertz CT molecular complexity index is 855. The molecule has 0 aliphatic heterocycles. The van der Waals surface area contributed by atoms with Crippen LogP contribution in [0.25, 0.3) is 5.69 Å². The third-order valence-electron chi connectivity index (χ3n) is 3.83. The fourth-order valence-corrected chi connectivity index (χ4v) is 3.26. The monoisotopic (exact) mass is 351 g/mol. The maximum atomic E-state index is 12.1. The minimum atomic E-state index is 0.00404. The molecule has 0 saturated heterocycles. The lowest BCUT2D eigenvalue weighted by atomic mass is 10.1. The van der Waals surface area contributed by atoms with Crippen LogP contribution in [-0.4, -0.2) is 21.2 Å². The van der Waals surface area contributed by atoms with Crippen molar-refractivity contribution in [2.45, 2.75) is 25.5 Å². The largest absolute Gasteiger partial charge is 0.351 e. The van der Waals surface area contributed by atoms with Gasteiger partial charge >= 0.3 is 0 Å². The topological polar surface area (TPSA) is 46.9 Å². The number of thioether (sulfide) groups is 1. The van der Waals surface area contributed by atoms with Crippen molar-refractivity contribution in [3.05, 3.63) is 77.6 Å². The van der Waals surface area contributed by atoms with Crippen LogP contribution in [0.2, 0.25) is 0 Å². The molecule has 0 atom stereocenters. The van der Waals surface area contributed by atoms with Crippen molar-refractivity contribution in [1.82, 2.24) is 14.9 Å². The number of benzene rings is 2. The lowest BCUT2D eigenvalue weighted by Gasteiger charge is -2.09. The first kappa shape index (κ1) is 17.3. The molecule has 5 heteroatoms. The highest BCUT2D eigenvalue weighted by molar-refractivity contribution is 7.99. The lowest BCUT2D eigenvalue weighted by molar-refractivity contribution is -0.118. The molecule has 25 heavy (non-hydrogen) atoms. The van der Waals surface area contributed by atoms with Gasteiger partial charge < -0.3 is 5.32 Å². The SMILES string of the molecule is Cc1ccc(CNC(=O)CSc2nccn2-c2cccc(C)c2)cc1. The first-order valence-corrected chi connectivity index (χ1v) is 9.16. The number of nitrogens with one attached hydrogen (secondary N) is 1. The number of aryl methyl sites for hydroxylation is 2. The van der Waals surface area contributed by atoms with Gasteiger partial charge in [-0.3, -0.25) is 9.36 Å². The van der Waals surface area contributed by atoms with E-state index >= 15 is 0 Å². The van der Waals surface area contributed by atoms with Gasteiger partial charge in [0.05, 0.1) is 5.75 Å². The molecule has 0 radical (unpaired) electrons. The summed E-state index contributed by atoms with van der Waals surface area (Å²) in [4.78, 5) is 16.5. The minimum Gasteiger partial charge on any atom is -0.351 e. The van der Waals surface area contributed by atoms with Crippen molar-refractivity contribution in [3.63, 3.8) is 0 Å². The summed E-state index contributed by atoms with van der Waals surface area (Å²) in [6.45, 7) is 4.66. The van der Waals surface area contributed by atoms with E-state index in [0.717, 1.165) is 16.4 Å². The van der Waals surface area contributed by atoms with Crippen LogP contribution in [-0.2, 0) is 11.3 Å². The average molecular weight is 351 g/mol. The Morgan fingerprint density at radius 1 is 1.12 bits per heavy atom. The van der Waals surface area contributed by atoms with Crippen molar-refractivity contribution in [3.8, 4) is 5.69 Å². The van der Waals surface area contributed by atoms with Gasteiger partial charge in [0.1, 0.15) is 0 Å². The Morgan fingerprint density at radius 2 is 1.92 bits per heavy atom. The summed E-state index contributed by atoms with van der Waals surface area (Å²) in [5.41, 5.74) is 4.57. The van der Waals surface area contributed by atoms with E-state index in [1.807, 2.05) is 35.0 Å². The van der Waals surface area contributed by atoms with E-state index in [1.54, 1.807) is 6.20 Å². The molecule has 1 N–H and O–H groups in total. The zero-order valence-corrected chi connectivity index (χ0v) is 15.2. The predicted molar refractivity (Wildman–Crippen MR) is 102 cm³/mol. The maximum absolute atomic E-state index is 12.1. The fraction of sp³-hybridized carbons (Fsp3) is 0.200. The van der Waals surface area contributed by atoms with E-state index < -0.39 is 0 Å². The Kier molecular flexibility index (Phi) is 5.56. The van der Waals surface area contributed by atoms with Gasteiger partial charge in [0.15, 0.2) is 5.16 Å². The molecule has 3 aromatic rings. The summed E-state index contributed by atoms with van der Waals surface area (Å²) >= 11 is 1.44. The Morgan fingerprint density at radius 3 is 2.68 bits per heavy atom. The van der Waals surface area contributed by atoms with Crippen molar-refractivity contribution in [2.24, 2.45) is 0 Å². The Labute approximate surface area is 152 Å². The van der Waals surface area contributed by atoms with E-state index in [-0.39, 0.29) is 5.91 Å². The quantitative estimate of drug-likeness (QED) is 0.685. The van der Waals surface area contributed by atoms with Gasteiger partial charge in [-0.2, -0.15) is 0 Å². The first-order chi connectivity index (χ1) is 12.1. The van der Waals surface area contributed by atoms with Gasteiger partial charge in [0.25, 0.3) is 0 Å². The molecule has 0 fully saturated rings. The highest BCUT2D eigenvalue weighted by Gasteiger charge is 2.09. The molecule has 1 heterocycles. The zero-order valence-electron chi connectivity index (χ0n) is 14.4. The second-order valence-electron chi connectivity index (χ2n) is 5.97. The number of nitrogens with zero attached hydrogens (tertiary/aromatic N) is 2. The predicted octanol–water partition coefficient (Wildman–Crippen LogP) is 3.90. The second-order valence-corrected chi connectivity index (χ2v) is 6.91. The van der Waals surface area contributed by atoms with Gasteiger partial charge in [0.2, 0.25) is 5.91 Å². The van der Waals surface area contributed by atoms with E-state index in [2.05, 4.69) is 48.4 Å². The molecule has 0 aliphatic carbocycles. The van der Waals surface area contributed by atoms with Gasteiger partial charge in [-0.1, -0.05) is 53.7 Å². The third kappa shape index (κ3) is 4.73. The minimum absolute atomic E-state index is 0.00404. The van der Waals surface area contributed by atoms with E-state index in [0.29, 0.717) is 12.3 Å². The molecule has 4 nitrogen and oxygen atoms in total. The molecule has 128 valence electrons. The summed E-state index contributed by atoms with van der Waals surface area (Å²) in [6.07, 6.45) is 3.68. The van der Waals surface area contributed by atoms with Gasteiger partial charge in [-0.25, -0.2) is 4.98 Å². The highest BCUT2D eigenvalue weighted by atomic mass is 32.2. The van der Waals surface area contributed by atoms with Crippen molar-refractivity contribution in [1.29, 1.82) is 0 Å². The maximum Gasteiger partial charge on any atom is 0.230 e. The van der Waals surface area contributed by atoms with Crippen LogP contribution in [0.1, 0.15) is 16.7 Å². The number of hydrogen-bond donors (Lipinski definition) is 1. The molecule has 3 rings (SSSR count). The molecule has 0 aliphatic rings. The van der Waals surface area contributed by atoms with Crippen LogP contribution in [0.15, 0.2) is 66.1 Å². The van der Waals surface area contributed by atoms with Crippen LogP contribution in [0.3, 0.4) is 0 Å². The van der Waals surface area contributed by atoms with Gasteiger partial charge in [-0.15, -0.1) is 0 Å². The van der Waals surface area contributed by atoms with E-state index in [4.69, 9.17) is 0 Å². The van der Waals surface area contributed by atoms with E-state index in [9.17, 15) is 4.79 Å². The normalized spacial score (nSPS) is 10.6. The molecule has 0 unspecified atom stereocenters. The Hall–Kier alpha value is -2.53. The molecule has 0 saturated carbocycles. The summed E-state index contributed by atoms with van der Waals surface area (Å²) in [6, 6.07) is 16.4. The number of rotatable bonds is 6. The third-order valence-corrected chi connectivity index (χ3v) is 4.80. The zero-order chi connectivity index (χ0) is 17.6. The number of amides is 1. The van der Waals surface area contributed by atoms with Crippen LogP contribution < -0.4 is 5.32 Å². The molecule has 0 bridgehead atoms.